The normalized spacial score (nSPS) is 9.95. The van der Waals surface area contributed by atoms with Crippen molar-refractivity contribution >= 4 is 17.2 Å². The van der Waals surface area contributed by atoms with Crippen LogP contribution in [0.3, 0.4) is 0 Å². The molecule has 0 saturated carbocycles. The van der Waals surface area contributed by atoms with Crippen LogP contribution < -0.4 is 5.73 Å². The molecule has 2 N–H and O–H groups in total. The van der Waals surface area contributed by atoms with Crippen LogP contribution in [0.15, 0.2) is 11.4 Å². The first kappa shape index (κ1) is 16.7. The third kappa shape index (κ3) is 6.23. The lowest BCUT2D eigenvalue weighted by molar-refractivity contribution is -0.130. The molecule has 0 atom stereocenters. The summed E-state index contributed by atoms with van der Waals surface area (Å²) in [6.07, 6.45) is 5.21. The molecule has 0 aromatic carbocycles. The number of unbranched alkanes of at least 4 members (excludes halogenated alkanes) is 3. The summed E-state index contributed by atoms with van der Waals surface area (Å²) in [5, 5.41) is 2.06. The van der Waals surface area contributed by atoms with Gasteiger partial charge in [0.05, 0.1) is 11.4 Å². The van der Waals surface area contributed by atoms with Crippen LogP contribution in [-0.4, -0.2) is 24.4 Å². The van der Waals surface area contributed by atoms with Crippen LogP contribution in [0.1, 0.15) is 49.5 Å². The lowest BCUT2D eigenvalue weighted by atomic mass is 10.1. The molecule has 1 aromatic rings. The summed E-state index contributed by atoms with van der Waals surface area (Å²) in [5.41, 5.74) is 6.49. The average Bonchev–Trinajstić information content (AvgIpc) is 2.88. The van der Waals surface area contributed by atoms with Gasteiger partial charge in [-0.1, -0.05) is 38.0 Å². The fourth-order valence-electron chi connectivity index (χ4n) is 1.92. The largest absolute Gasteiger partial charge is 0.341 e. The Morgan fingerprint density at radius 1 is 1.40 bits per heavy atom. The number of thiophene rings is 1. The van der Waals surface area contributed by atoms with Gasteiger partial charge in [0, 0.05) is 20.0 Å². The molecule has 0 aliphatic rings. The van der Waals surface area contributed by atoms with E-state index in [1.807, 2.05) is 13.1 Å². The number of rotatable bonds is 7. The van der Waals surface area contributed by atoms with Crippen molar-refractivity contribution in [1.82, 2.24) is 4.90 Å². The first-order valence-corrected chi connectivity index (χ1v) is 8.05. The van der Waals surface area contributed by atoms with Gasteiger partial charge >= 0.3 is 0 Å². The summed E-state index contributed by atoms with van der Waals surface area (Å²) in [7, 11) is 1.87. The van der Waals surface area contributed by atoms with Gasteiger partial charge in [-0.2, -0.15) is 0 Å². The second-order valence-corrected chi connectivity index (χ2v) is 5.80. The van der Waals surface area contributed by atoms with E-state index < -0.39 is 0 Å². The van der Waals surface area contributed by atoms with Crippen molar-refractivity contribution < 1.29 is 4.79 Å². The van der Waals surface area contributed by atoms with E-state index in [0.717, 1.165) is 23.3 Å². The minimum Gasteiger partial charge on any atom is -0.341 e. The molecule has 0 aliphatic heterocycles. The lowest BCUT2D eigenvalue weighted by Gasteiger charge is -2.16. The zero-order chi connectivity index (χ0) is 14.8. The van der Waals surface area contributed by atoms with Crippen molar-refractivity contribution in [2.45, 2.75) is 45.6 Å². The molecule has 1 rings (SSSR count). The zero-order valence-electron chi connectivity index (χ0n) is 12.4. The Kier molecular flexibility index (Phi) is 8.01. The Morgan fingerprint density at radius 2 is 2.20 bits per heavy atom. The van der Waals surface area contributed by atoms with Crippen LogP contribution in [0.25, 0.3) is 0 Å². The Labute approximate surface area is 126 Å². The summed E-state index contributed by atoms with van der Waals surface area (Å²) in [6.45, 7) is 3.21. The minimum absolute atomic E-state index is 0.224. The van der Waals surface area contributed by atoms with E-state index in [0.29, 0.717) is 19.5 Å². The van der Waals surface area contributed by atoms with Gasteiger partial charge in [0.2, 0.25) is 5.91 Å². The Morgan fingerprint density at radius 3 is 2.90 bits per heavy atom. The van der Waals surface area contributed by atoms with Gasteiger partial charge in [0.1, 0.15) is 0 Å². The average molecular weight is 292 g/mol. The van der Waals surface area contributed by atoms with Gasteiger partial charge in [0.15, 0.2) is 0 Å². The molecule has 0 aliphatic carbocycles. The van der Waals surface area contributed by atoms with Gasteiger partial charge < -0.3 is 10.6 Å². The van der Waals surface area contributed by atoms with Crippen molar-refractivity contribution in [1.29, 1.82) is 0 Å². The van der Waals surface area contributed by atoms with Crippen LogP contribution in [0.5, 0.6) is 0 Å². The molecule has 1 aromatic heterocycles. The van der Waals surface area contributed by atoms with E-state index in [4.69, 9.17) is 5.73 Å². The SMILES string of the molecule is CCCCCCC(=O)N(C)Cc1csc(C#CCN)c1. The maximum Gasteiger partial charge on any atom is 0.222 e. The fourth-order valence-corrected chi connectivity index (χ4v) is 2.69. The maximum absolute atomic E-state index is 12.0. The highest BCUT2D eigenvalue weighted by molar-refractivity contribution is 7.10. The van der Waals surface area contributed by atoms with E-state index in [1.54, 1.807) is 16.2 Å². The molecule has 0 unspecified atom stereocenters. The Balaban J connectivity index is 2.39. The van der Waals surface area contributed by atoms with Crippen LogP contribution in [-0.2, 0) is 11.3 Å². The summed E-state index contributed by atoms with van der Waals surface area (Å²) in [4.78, 5) is 14.8. The summed E-state index contributed by atoms with van der Waals surface area (Å²) < 4.78 is 0. The van der Waals surface area contributed by atoms with Crippen molar-refractivity contribution in [3.05, 3.63) is 21.9 Å². The van der Waals surface area contributed by atoms with Crippen LogP contribution in [0, 0.1) is 11.8 Å². The monoisotopic (exact) mass is 292 g/mol. The molecule has 110 valence electrons. The highest BCUT2D eigenvalue weighted by Crippen LogP contribution is 2.15. The van der Waals surface area contributed by atoms with Gasteiger partial charge in [-0.3, -0.25) is 4.79 Å². The molecular formula is C16H24N2OS. The third-order valence-electron chi connectivity index (χ3n) is 3.06. The highest BCUT2D eigenvalue weighted by atomic mass is 32.1. The van der Waals surface area contributed by atoms with E-state index in [2.05, 4.69) is 24.1 Å². The van der Waals surface area contributed by atoms with Crippen molar-refractivity contribution in [2.75, 3.05) is 13.6 Å². The van der Waals surface area contributed by atoms with Gasteiger partial charge in [-0.05, 0) is 23.4 Å². The number of carbonyl (C=O) groups excluding carboxylic acids is 1. The van der Waals surface area contributed by atoms with E-state index >= 15 is 0 Å². The second-order valence-electron chi connectivity index (χ2n) is 4.89. The predicted octanol–water partition coefficient (Wildman–Crippen LogP) is 2.99. The molecule has 1 amide bonds. The first-order valence-electron chi connectivity index (χ1n) is 7.17. The van der Waals surface area contributed by atoms with E-state index in [9.17, 15) is 4.79 Å². The summed E-state index contributed by atoms with van der Waals surface area (Å²) >= 11 is 1.60. The summed E-state index contributed by atoms with van der Waals surface area (Å²) in [6, 6.07) is 2.04. The predicted molar refractivity (Wildman–Crippen MR) is 85.5 cm³/mol. The lowest BCUT2D eigenvalue weighted by Crippen LogP contribution is -2.25. The van der Waals surface area contributed by atoms with Crippen molar-refractivity contribution in [2.24, 2.45) is 5.73 Å². The minimum atomic E-state index is 0.224. The maximum atomic E-state index is 12.0. The number of nitrogens with two attached hydrogens (primary N) is 1. The molecule has 0 bridgehead atoms. The number of nitrogens with zero attached hydrogens (tertiary/aromatic N) is 1. The molecule has 0 spiro atoms. The third-order valence-corrected chi connectivity index (χ3v) is 3.95. The number of carbonyl (C=O) groups is 1. The molecule has 0 radical (unpaired) electrons. The number of amides is 1. The van der Waals surface area contributed by atoms with E-state index in [-0.39, 0.29) is 5.91 Å². The molecule has 20 heavy (non-hydrogen) atoms. The second kappa shape index (κ2) is 9.57. The van der Waals surface area contributed by atoms with Crippen LogP contribution in [0.4, 0.5) is 0 Å². The zero-order valence-corrected chi connectivity index (χ0v) is 13.3. The molecule has 0 saturated heterocycles. The molecular weight excluding hydrogens is 268 g/mol. The summed E-state index contributed by atoms with van der Waals surface area (Å²) in [5.74, 6) is 6.08. The molecule has 4 heteroatoms. The van der Waals surface area contributed by atoms with Crippen LogP contribution >= 0.6 is 11.3 Å². The molecule has 0 fully saturated rings. The van der Waals surface area contributed by atoms with Gasteiger partial charge in [-0.25, -0.2) is 0 Å². The quantitative estimate of drug-likeness (QED) is 0.620. The molecule has 1 heterocycles. The topological polar surface area (TPSA) is 46.3 Å². The van der Waals surface area contributed by atoms with Crippen molar-refractivity contribution in [3.8, 4) is 11.8 Å². The van der Waals surface area contributed by atoms with Gasteiger partial charge in [0.25, 0.3) is 0 Å². The highest BCUT2D eigenvalue weighted by Gasteiger charge is 2.09. The number of hydrogen-bond donors (Lipinski definition) is 1. The molecule has 3 nitrogen and oxygen atoms in total. The smallest absolute Gasteiger partial charge is 0.222 e. The fraction of sp³-hybridized carbons (Fsp3) is 0.562. The Hall–Kier alpha value is -1.31. The van der Waals surface area contributed by atoms with Crippen LogP contribution in [0.2, 0.25) is 0 Å². The Bertz CT molecular complexity index is 470. The first-order chi connectivity index (χ1) is 9.67. The van der Waals surface area contributed by atoms with Crippen molar-refractivity contribution in [3.63, 3.8) is 0 Å². The van der Waals surface area contributed by atoms with E-state index in [1.165, 1.54) is 12.8 Å². The number of hydrogen-bond acceptors (Lipinski definition) is 3. The van der Waals surface area contributed by atoms with Gasteiger partial charge in [-0.15, -0.1) is 11.3 Å². The standard InChI is InChI=1S/C16H24N2OS/c1-3-4-5-6-9-16(19)18(2)12-14-11-15(20-13-14)8-7-10-17/h11,13H,3-6,9-10,12,17H2,1-2H3.